The molecule has 1 saturated heterocycles. The Morgan fingerprint density at radius 2 is 1.93 bits per heavy atom. The van der Waals surface area contributed by atoms with Crippen molar-refractivity contribution < 1.29 is 14.0 Å². The number of nitrogens with zero attached hydrogens (tertiary/aromatic N) is 2. The van der Waals surface area contributed by atoms with Gasteiger partial charge in [0, 0.05) is 6.04 Å². The van der Waals surface area contributed by atoms with E-state index in [4.69, 9.17) is 4.42 Å². The minimum absolute atomic E-state index is 0.104. The maximum atomic E-state index is 12.5. The second kappa shape index (κ2) is 8.69. The number of Topliss-reactive ketones (excluding diaryl/α,β-unsaturated/α-hetero) is 1. The molecule has 1 atom stereocenters. The Morgan fingerprint density at radius 1 is 1.25 bits per heavy atom. The van der Waals surface area contributed by atoms with Gasteiger partial charge in [-0.05, 0) is 51.8 Å². The fourth-order valence-corrected chi connectivity index (χ4v) is 3.77. The van der Waals surface area contributed by atoms with Gasteiger partial charge in [-0.15, -0.1) is 0 Å². The van der Waals surface area contributed by atoms with Crippen molar-refractivity contribution in [2.24, 2.45) is 0 Å². The molecule has 6 heteroatoms. The molecule has 150 valence electrons. The fourth-order valence-electron chi connectivity index (χ4n) is 3.77. The summed E-state index contributed by atoms with van der Waals surface area (Å²) in [6, 6.07) is 10.2. The molecule has 0 radical (unpaired) electrons. The molecule has 0 bridgehead atoms. The summed E-state index contributed by atoms with van der Waals surface area (Å²) in [5.41, 5.74) is 1.01. The zero-order chi connectivity index (χ0) is 20.1. The number of amides is 1. The van der Waals surface area contributed by atoms with E-state index in [1.54, 1.807) is 6.92 Å². The summed E-state index contributed by atoms with van der Waals surface area (Å²) in [5, 5.41) is 2.89. The topological polar surface area (TPSA) is 75.4 Å². The summed E-state index contributed by atoms with van der Waals surface area (Å²) in [4.78, 5) is 31.2. The third kappa shape index (κ3) is 4.33. The van der Waals surface area contributed by atoms with Crippen LogP contribution in [0.3, 0.4) is 0 Å². The van der Waals surface area contributed by atoms with Gasteiger partial charge in [-0.25, -0.2) is 4.98 Å². The minimum atomic E-state index is -0.407. The maximum absolute atomic E-state index is 12.5. The molecular formula is C22H29N3O3. The zero-order valence-corrected chi connectivity index (χ0v) is 16.9. The number of aromatic nitrogens is 1. The lowest BCUT2D eigenvalue weighted by atomic mass is 9.70. The molecule has 1 N–H and O–H groups in total. The van der Waals surface area contributed by atoms with E-state index in [-0.39, 0.29) is 17.7 Å². The number of hydrogen-bond acceptors (Lipinski definition) is 5. The lowest BCUT2D eigenvalue weighted by Gasteiger charge is -2.40. The van der Waals surface area contributed by atoms with Gasteiger partial charge in [0.25, 0.3) is 5.91 Å². The second-order valence-electron chi connectivity index (χ2n) is 7.69. The first-order valence-corrected chi connectivity index (χ1v) is 9.99. The number of oxazole rings is 1. The maximum Gasteiger partial charge on any atom is 0.273 e. The Kier molecular flexibility index (Phi) is 6.29. The molecule has 0 saturated carbocycles. The van der Waals surface area contributed by atoms with Crippen molar-refractivity contribution in [1.82, 2.24) is 15.2 Å². The smallest absolute Gasteiger partial charge is 0.273 e. The van der Waals surface area contributed by atoms with E-state index in [0.717, 1.165) is 37.9 Å². The Bertz CT molecular complexity index is 807. The van der Waals surface area contributed by atoms with Crippen LogP contribution in [0.5, 0.6) is 0 Å². The zero-order valence-electron chi connectivity index (χ0n) is 16.9. The van der Waals surface area contributed by atoms with Gasteiger partial charge in [0.05, 0.1) is 12.0 Å². The molecule has 1 aromatic heterocycles. The predicted octanol–water partition coefficient (Wildman–Crippen LogP) is 3.33. The summed E-state index contributed by atoms with van der Waals surface area (Å²) in [6.45, 7) is 7.78. The van der Waals surface area contributed by atoms with Gasteiger partial charge in [0.1, 0.15) is 12.0 Å². The number of carbonyl (C=O) groups is 2. The number of ketones is 1. The van der Waals surface area contributed by atoms with Crippen LogP contribution in [0.2, 0.25) is 0 Å². The lowest BCUT2D eigenvalue weighted by Crippen LogP contribution is -2.46. The summed E-state index contributed by atoms with van der Waals surface area (Å²) in [6.07, 6.45) is 3.83. The summed E-state index contributed by atoms with van der Waals surface area (Å²) in [5.74, 6) is 0.547. The molecule has 1 fully saturated rings. The van der Waals surface area contributed by atoms with E-state index >= 15 is 0 Å². The summed E-state index contributed by atoms with van der Waals surface area (Å²) < 4.78 is 5.51. The monoisotopic (exact) mass is 383 g/mol. The minimum Gasteiger partial charge on any atom is -0.447 e. The van der Waals surface area contributed by atoms with Crippen LogP contribution in [0.1, 0.15) is 62.0 Å². The fraction of sp³-hybridized carbons (Fsp3) is 0.500. The van der Waals surface area contributed by atoms with Gasteiger partial charge in [0.2, 0.25) is 5.89 Å². The highest BCUT2D eigenvalue weighted by atomic mass is 16.3. The molecule has 2 aromatic rings. The number of benzene rings is 1. The van der Waals surface area contributed by atoms with Gasteiger partial charge >= 0.3 is 0 Å². The van der Waals surface area contributed by atoms with Crippen LogP contribution in [0, 0.1) is 0 Å². The first kappa shape index (κ1) is 20.3. The molecule has 0 aliphatic carbocycles. The molecular weight excluding hydrogens is 354 g/mol. The standard InChI is InChI=1S/C22H29N3O3/c1-4-16(2)23-21(27)19-15-28-20(24-19)14-25-12-10-22(11-13-25,17(3)26)18-8-6-5-7-9-18/h5-9,15-16H,4,10-14H2,1-3H3,(H,23,27)/t16-/m0/s1. The van der Waals surface area contributed by atoms with Crippen LogP contribution < -0.4 is 5.32 Å². The molecule has 6 nitrogen and oxygen atoms in total. The van der Waals surface area contributed by atoms with E-state index in [2.05, 4.69) is 15.2 Å². The van der Waals surface area contributed by atoms with E-state index in [0.29, 0.717) is 18.1 Å². The molecule has 0 unspecified atom stereocenters. The third-order valence-electron chi connectivity index (χ3n) is 5.84. The first-order valence-electron chi connectivity index (χ1n) is 9.99. The molecule has 1 aliphatic heterocycles. The third-order valence-corrected chi connectivity index (χ3v) is 5.84. The highest BCUT2D eigenvalue weighted by Gasteiger charge is 2.40. The van der Waals surface area contributed by atoms with Gasteiger partial charge in [-0.2, -0.15) is 0 Å². The van der Waals surface area contributed by atoms with Crippen LogP contribution in [-0.4, -0.2) is 40.7 Å². The van der Waals surface area contributed by atoms with Gasteiger partial charge in [0.15, 0.2) is 5.69 Å². The number of likely N-dealkylation sites (tertiary alicyclic amines) is 1. The summed E-state index contributed by atoms with van der Waals surface area (Å²) in [7, 11) is 0. The van der Waals surface area contributed by atoms with Crippen molar-refractivity contribution >= 4 is 11.7 Å². The molecule has 1 aromatic carbocycles. The van der Waals surface area contributed by atoms with Crippen LogP contribution >= 0.6 is 0 Å². The Labute approximate surface area is 166 Å². The molecule has 3 rings (SSSR count). The van der Waals surface area contributed by atoms with E-state index in [1.807, 2.05) is 44.2 Å². The average Bonchev–Trinajstić information content (AvgIpc) is 3.17. The number of nitrogens with one attached hydrogen (secondary N) is 1. The van der Waals surface area contributed by atoms with Crippen LogP contribution in [0.4, 0.5) is 0 Å². The van der Waals surface area contributed by atoms with Crippen molar-refractivity contribution in [2.45, 2.75) is 58.0 Å². The average molecular weight is 383 g/mol. The Hall–Kier alpha value is -2.47. The van der Waals surface area contributed by atoms with Crippen molar-refractivity contribution in [2.75, 3.05) is 13.1 Å². The number of carbonyl (C=O) groups excluding carboxylic acids is 2. The summed E-state index contributed by atoms with van der Waals surface area (Å²) >= 11 is 0. The lowest BCUT2D eigenvalue weighted by molar-refractivity contribution is -0.124. The highest BCUT2D eigenvalue weighted by molar-refractivity contribution is 5.92. The number of rotatable bonds is 7. The Morgan fingerprint density at radius 3 is 2.54 bits per heavy atom. The van der Waals surface area contributed by atoms with Crippen molar-refractivity contribution in [3.8, 4) is 0 Å². The van der Waals surface area contributed by atoms with Crippen molar-refractivity contribution in [1.29, 1.82) is 0 Å². The molecule has 0 spiro atoms. The molecule has 1 aliphatic rings. The SMILES string of the molecule is CC[C@H](C)NC(=O)c1coc(CN2CCC(C(C)=O)(c3ccccc3)CC2)n1. The first-order chi connectivity index (χ1) is 13.4. The molecule has 28 heavy (non-hydrogen) atoms. The van der Waals surface area contributed by atoms with E-state index in [1.165, 1.54) is 6.26 Å². The quantitative estimate of drug-likeness (QED) is 0.794. The van der Waals surface area contributed by atoms with Crippen LogP contribution in [0.25, 0.3) is 0 Å². The van der Waals surface area contributed by atoms with Crippen molar-refractivity contribution in [3.05, 3.63) is 53.7 Å². The highest BCUT2D eigenvalue weighted by Crippen LogP contribution is 2.36. The van der Waals surface area contributed by atoms with Crippen LogP contribution in [-0.2, 0) is 16.8 Å². The van der Waals surface area contributed by atoms with Gasteiger partial charge in [-0.1, -0.05) is 37.3 Å². The van der Waals surface area contributed by atoms with Crippen LogP contribution in [0.15, 0.2) is 41.0 Å². The predicted molar refractivity (Wildman–Crippen MR) is 107 cm³/mol. The number of hydrogen-bond donors (Lipinski definition) is 1. The number of piperidine rings is 1. The normalized spacial score (nSPS) is 17.8. The van der Waals surface area contributed by atoms with E-state index < -0.39 is 5.41 Å². The van der Waals surface area contributed by atoms with E-state index in [9.17, 15) is 9.59 Å². The largest absolute Gasteiger partial charge is 0.447 e. The van der Waals surface area contributed by atoms with Gasteiger partial charge in [-0.3, -0.25) is 14.5 Å². The molecule has 1 amide bonds. The second-order valence-corrected chi connectivity index (χ2v) is 7.69. The van der Waals surface area contributed by atoms with Gasteiger partial charge < -0.3 is 9.73 Å². The van der Waals surface area contributed by atoms with Crippen molar-refractivity contribution in [3.63, 3.8) is 0 Å². The Balaban J connectivity index is 1.61. The molecule has 2 heterocycles.